The molecule has 5 rings (SSSR count). The molecule has 176 valence electrons. The molecule has 2 heterocycles. The molecule has 0 radical (unpaired) electrons. The highest BCUT2D eigenvalue weighted by Gasteiger charge is 2.46. The Balaban J connectivity index is 1.59. The molecule has 1 fully saturated rings. The van der Waals surface area contributed by atoms with Gasteiger partial charge in [-0.1, -0.05) is 48.0 Å². The number of likely N-dealkylation sites (tertiary alicyclic amines) is 1. The highest BCUT2D eigenvalue weighted by Crippen LogP contribution is 2.40. The molecular formula is C29H26N2O4. The lowest BCUT2D eigenvalue weighted by Crippen LogP contribution is -2.31. The summed E-state index contributed by atoms with van der Waals surface area (Å²) in [6.45, 7) is 4.06. The summed E-state index contributed by atoms with van der Waals surface area (Å²) in [6, 6.07) is 19.2. The zero-order valence-electron chi connectivity index (χ0n) is 19.6. The first kappa shape index (κ1) is 22.5. The van der Waals surface area contributed by atoms with E-state index in [1.807, 2.05) is 62.5 Å². The highest BCUT2D eigenvalue weighted by atomic mass is 16.3. The minimum Gasteiger partial charge on any atom is -0.508 e. The normalized spacial score (nSPS) is 17.4. The fourth-order valence-corrected chi connectivity index (χ4v) is 4.83. The lowest BCUT2D eigenvalue weighted by molar-refractivity contribution is -0.139. The average molecular weight is 467 g/mol. The molecule has 6 nitrogen and oxygen atoms in total. The number of fused-ring (bicyclic) bond motifs is 1. The summed E-state index contributed by atoms with van der Waals surface area (Å²) >= 11 is 0. The predicted molar refractivity (Wildman–Crippen MR) is 135 cm³/mol. The van der Waals surface area contributed by atoms with Crippen molar-refractivity contribution in [2.45, 2.75) is 26.3 Å². The van der Waals surface area contributed by atoms with E-state index in [1.54, 1.807) is 12.1 Å². The maximum atomic E-state index is 13.3. The zero-order valence-corrected chi connectivity index (χ0v) is 19.6. The third-order valence-corrected chi connectivity index (χ3v) is 6.69. The Morgan fingerprint density at radius 3 is 2.51 bits per heavy atom. The van der Waals surface area contributed by atoms with Crippen LogP contribution in [-0.2, 0) is 16.0 Å². The van der Waals surface area contributed by atoms with Gasteiger partial charge in [0.05, 0.1) is 11.6 Å². The molecule has 1 atom stereocenters. The number of aromatic nitrogens is 1. The number of ketones is 1. The lowest BCUT2D eigenvalue weighted by Gasteiger charge is -2.25. The third-order valence-electron chi connectivity index (χ3n) is 6.69. The van der Waals surface area contributed by atoms with Crippen molar-refractivity contribution in [2.24, 2.45) is 0 Å². The predicted octanol–water partition coefficient (Wildman–Crippen LogP) is 5.15. The van der Waals surface area contributed by atoms with Crippen LogP contribution in [0, 0.1) is 13.8 Å². The third kappa shape index (κ3) is 3.97. The van der Waals surface area contributed by atoms with Gasteiger partial charge in [-0.3, -0.25) is 9.59 Å². The van der Waals surface area contributed by atoms with Crippen LogP contribution in [0.3, 0.4) is 0 Å². The number of carbonyl (C=O) groups excluding carboxylic acids is 2. The molecular weight excluding hydrogens is 440 g/mol. The van der Waals surface area contributed by atoms with E-state index in [2.05, 4.69) is 4.98 Å². The second-order valence-electron chi connectivity index (χ2n) is 9.01. The Hall–Kier alpha value is -4.32. The summed E-state index contributed by atoms with van der Waals surface area (Å²) < 4.78 is 0. The molecule has 1 aromatic heterocycles. The number of H-pyrrole nitrogens is 1. The molecule has 1 amide bonds. The van der Waals surface area contributed by atoms with E-state index in [-0.39, 0.29) is 17.1 Å². The number of aliphatic hydroxyl groups is 1. The summed E-state index contributed by atoms with van der Waals surface area (Å²) in [7, 11) is 0. The number of hydrogen-bond acceptors (Lipinski definition) is 4. The molecule has 3 aromatic carbocycles. The molecule has 0 spiro atoms. The van der Waals surface area contributed by atoms with Gasteiger partial charge in [0, 0.05) is 29.2 Å². The Kier molecular flexibility index (Phi) is 5.65. The van der Waals surface area contributed by atoms with Crippen molar-refractivity contribution in [3.8, 4) is 5.75 Å². The van der Waals surface area contributed by atoms with Crippen molar-refractivity contribution < 1.29 is 19.8 Å². The smallest absolute Gasteiger partial charge is 0.295 e. The van der Waals surface area contributed by atoms with Crippen LogP contribution in [0.2, 0.25) is 0 Å². The van der Waals surface area contributed by atoms with Crippen molar-refractivity contribution in [1.82, 2.24) is 9.88 Å². The van der Waals surface area contributed by atoms with Gasteiger partial charge >= 0.3 is 0 Å². The number of phenolic OH excluding ortho intramolecular Hbond substituents is 1. The average Bonchev–Trinajstić information content (AvgIpc) is 3.38. The summed E-state index contributed by atoms with van der Waals surface area (Å²) in [5, 5.41) is 22.2. The van der Waals surface area contributed by atoms with Crippen LogP contribution in [0.1, 0.15) is 33.9 Å². The molecule has 1 aliphatic rings. The van der Waals surface area contributed by atoms with Gasteiger partial charge in [-0.05, 0) is 61.2 Å². The van der Waals surface area contributed by atoms with Crippen LogP contribution >= 0.6 is 0 Å². The number of amides is 1. The molecule has 0 bridgehead atoms. The number of Topliss-reactive ketones (excluding diaryl/α,β-unsaturated/α-hetero) is 1. The molecule has 0 saturated carbocycles. The van der Waals surface area contributed by atoms with Gasteiger partial charge < -0.3 is 20.1 Å². The number of nitrogens with zero attached hydrogens (tertiary/aromatic N) is 1. The number of nitrogens with one attached hydrogen (secondary N) is 1. The number of aromatic hydroxyl groups is 1. The number of aryl methyl sites for hydroxylation is 2. The Morgan fingerprint density at radius 1 is 1.00 bits per heavy atom. The van der Waals surface area contributed by atoms with Crippen LogP contribution in [-0.4, -0.2) is 38.3 Å². The van der Waals surface area contributed by atoms with Crippen molar-refractivity contribution >= 4 is 28.4 Å². The van der Waals surface area contributed by atoms with E-state index in [1.165, 1.54) is 17.0 Å². The van der Waals surface area contributed by atoms with Gasteiger partial charge in [-0.15, -0.1) is 0 Å². The molecule has 1 aliphatic heterocycles. The van der Waals surface area contributed by atoms with E-state index in [0.717, 1.165) is 27.6 Å². The maximum Gasteiger partial charge on any atom is 0.295 e. The van der Waals surface area contributed by atoms with Gasteiger partial charge in [-0.25, -0.2) is 0 Å². The van der Waals surface area contributed by atoms with Crippen LogP contribution < -0.4 is 0 Å². The standard InChI is InChI=1S/C29H26N2O4/c1-17-7-8-18(2)23(15-17)27(33)25-26(19-9-11-21(32)12-10-19)31(29(35)28(25)34)14-13-20-16-30-24-6-4-3-5-22(20)24/h3-12,15-16,26,30,32-33H,13-14H2,1-2H3/b27-25+. The Morgan fingerprint density at radius 2 is 1.74 bits per heavy atom. The minimum atomic E-state index is -0.763. The van der Waals surface area contributed by atoms with Crippen molar-refractivity contribution in [3.63, 3.8) is 0 Å². The monoisotopic (exact) mass is 466 g/mol. The van der Waals surface area contributed by atoms with E-state index < -0.39 is 17.7 Å². The number of aromatic amines is 1. The van der Waals surface area contributed by atoms with Crippen LogP contribution in [0.25, 0.3) is 16.7 Å². The zero-order chi connectivity index (χ0) is 24.7. The summed E-state index contributed by atoms with van der Waals surface area (Å²) in [6.07, 6.45) is 2.46. The first-order valence-electron chi connectivity index (χ1n) is 11.5. The van der Waals surface area contributed by atoms with E-state index >= 15 is 0 Å². The number of hydrogen-bond donors (Lipinski definition) is 3. The Bertz CT molecular complexity index is 1480. The summed E-state index contributed by atoms with van der Waals surface area (Å²) in [4.78, 5) is 31.3. The van der Waals surface area contributed by atoms with Gasteiger partial charge in [0.2, 0.25) is 0 Å². The van der Waals surface area contributed by atoms with Crippen molar-refractivity contribution in [1.29, 1.82) is 0 Å². The summed E-state index contributed by atoms with van der Waals surface area (Å²) in [5.74, 6) is -1.45. The second kappa shape index (κ2) is 8.80. The second-order valence-corrected chi connectivity index (χ2v) is 9.01. The summed E-state index contributed by atoms with van der Waals surface area (Å²) in [5.41, 5.74) is 5.04. The first-order chi connectivity index (χ1) is 16.8. The molecule has 1 unspecified atom stereocenters. The number of rotatable bonds is 5. The molecule has 0 aliphatic carbocycles. The number of aliphatic hydroxyl groups excluding tert-OH is 1. The number of benzene rings is 3. The van der Waals surface area contributed by atoms with Gasteiger partial charge in [0.15, 0.2) is 0 Å². The highest BCUT2D eigenvalue weighted by molar-refractivity contribution is 6.46. The van der Waals surface area contributed by atoms with Crippen molar-refractivity contribution in [3.05, 3.63) is 106 Å². The molecule has 3 N–H and O–H groups in total. The molecule has 6 heteroatoms. The van der Waals surface area contributed by atoms with Crippen LogP contribution in [0.15, 0.2) is 78.5 Å². The van der Waals surface area contributed by atoms with E-state index in [4.69, 9.17) is 0 Å². The largest absolute Gasteiger partial charge is 0.508 e. The molecule has 35 heavy (non-hydrogen) atoms. The number of para-hydroxylation sites is 1. The van der Waals surface area contributed by atoms with Crippen LogP contribution in [0.4, 0.5) is 0 Å². The van der Waals surface area contributed by atoms with Gasteiger partial charge in [-0.2, -0.15) is 0 Å². The number of phenols is 1. The fourth-order valence-electron chi connectivity index (χ4n) is 4.83. The minimum absolute atomic E-state index is 0.0633. The molecule has 1 saturated heterocycles. The van der Waals surface area contributed by atoms with Gasteiger partial charge in [0.1, 0.15) is 11.5 Å². The van der Waals surface area contributed by atoms with Crippen molar-refractivity contribution in [2.75, 3.05) is 6.54 Å². The SMILES string of the molecule is Cc1ccc(C)c(/C(O)=C2\C(=O)C(=O)N(CCc3c[nH]c4ccccc34)C2c2ccc(O)cc2)c1. The lowest BCUT2D eigenvalue weighted by atomic mass is 9.93. The topological polar surface area (TPSA) is 93.6 Å². The fraction of sp³-hybridized carbons (Fsp3) is 0.172. The first-order valence-corrected chi connectivity index (χ1v) is 11.5. The maximum absolute atomic E-state index is 13.3. The van der Waals surface area contributed by atoms with Gasteiger partial charge in [0.25, 0.3) is 11.7 Å². The van der Waals surface area contributed by atoms with Crippen LogP contribution in [0.5, 0.6) is 5.75 Å². The number of carbonyl (C=O) groups is 2. The molecule has 4 aromatic rings. The van der Waals surface area contributed by atoms with E-state index in [9.17, 15) is 19.8 Å². The Labute approximate surface area is 203 Å². The quantitative estimate of drug-likeness (QED) is 0.215. The van der Waals surface area contributed by atoms with E-state index in [0.29, 0.717) is 24.1 Å².